The zero-order valence-corrected chi connectivity index (χ0v) is 16.7. The molecule has 0 saturated carbocycles. The molecule has 0 aliphatic carbocycles. The highest BCUT2D eigenvalue weighted by Crippen LogP contribution is 2.07. The van der Waals surface area contributed by atoms with Crippen molar-refractivity contribution in [3.05, 3.63) is 10.1 Å². The molecule has 0 heterocycles. The number of unbranched alkanes of at least 4 members (excludes halogenated alkanes) is 7. The van der Waals surface area contributed by atoms with Crippen LogP contribution in [0.2, 0.25) is 0 Å². The number of nitrogens with zero attached hydrogens (tertiary/aromatic N) is 2. The first kappa shape index (κ1) is 24.1. The van der Waals surface area contributed by atoms with Gasteiger partial charge in [0, 0.05) is 13.2 Å². The molecule has 150 valence electrons. The summed E-state index contributed by atoms with van der Waals surface area (Å²) in [7, 11) is 0. The third-order valence-corrected chi connectivity index (χ3v) is 4.30. The van der Waals surface area contributed by atoms with Gasteiger partial charge in [-0.3, -0.25) is 0 Å². The normalized spacial score (nSPS) is 12.5. The molecule has 0 aromatic heterocycles. The van der Waals surface area contributed by atoms with Gasteiger partial charge in [0.25, 0.3) is 5.09 Å². The molecule has 6 heteroatoms. The van der Waals surface area contributed by atoms with Crippen LogP contribution in [0.1, 0.15) is 85.0 Å². The van der Waals surface area contributed by atoms with Gasteiger partial charge in [0.2, 0.25) is 0 Å². The van der Waals surface area contributed by atoms with Crippen LogP contribution >= 0.6 is 0 Å². The fraction of sp³-hybridized carbons (Fsp3) is 1.00. The number of ether oxygens (including phenoxy) is 1. The Morgan fingerprint density at radius 3 is 2.00 bits per heavy atom. The fourth-order valence-electron chi connectivity index (χ4n) is 2.78. The van der Waals surface area contributed by atoms with Crippen LogP contribution in [0.15, 0.2) is 0 Å². The molecule has 0 radical (unpaired) electrons. The molecule has 25 heavy (non-hydrogen) atoms. The van der Waals surface area contributed by atoms with E-state index in [1.807, 2.05) is 0 Å². The van der Waals surface area contributed by atoms with Crippen LogP contribution < -0.4 is 0 Å². The topological polar surface area (TPSA) is 64.8 Å². The molecule has 0 spiro atoms. The molecule has 0 saturated heterocycles. The molecule has 0 aliphatic rings. The molecular weight excluding hydrogens is 320 g/mol. The summed E-state index contributed by atoms with van der Waals surface area (Å²) in [5.41, 5.74) is 0. The molecule has 0 fully saturated rings. The van der Waals surface area contributed by atoms with Crippen molar-refractivity contribution in [3.8, 4) is 0 Å². The minimum Gasteiger partial charge on any atom is -0.379 e. The Hall–Kier alpha value is -0.880. The summed E-state index contributed by atoms with van der Waals surface area (Å²) in [6.07, 6.45) is 11.2. The average Bonchev–Trinajstić information content (AvgIpc) is 2.58. The molecule has 1 unspecified atom stereocenters. The van der Waals surface area contributed by atoms with Crippen molar-refractivity contribution in [2.24, 2.45) is 0 Å². The zero-order valence-electron chi connectivity index (χ0n) is 16.7. The highest BCUT2D eigenvalue weighted by Gasteiger charge is 2.18. The summed E-state index contributed by atoms with van der Waals surface area (Å²) < 4.78 is 5.66. The minimum absolute atomic E-state index is 0.296. The van der Waals surface area contributed by atoms with Gasteiger partial charge in [-0.05, 0) is 32.4 Å². The van der Waals surface area contributed by atoms with Gasteiger partial charge < -0.3 is 14.5 Å². The maximum Gasteiger partial charge on any atom is 0.294 e. The molecule has 1 atom stereocenters. The number of hydrogen-bond donors (Lipinski definition) is 0. The van der Waals surface area contributed by atoms with Crippen molar-refractivity contribution in [3.63, 3.8) is 0 Å². The lowest BCUT2D eigenvalue weighted by molar-refractivity contribution is -0.769. The number of hydrogen-bond acceptors (Lipinski definition) is 5. The van der Waals surface area contributed by atoms with Crippen LogP contribution in [0.3, 0.4) is 0 Å². The third kappa shape index (κ3) is 16.3. The predicted molar refractivity (Wildman–Crippen MR) is 102 cm³/mol. The van der Waals surface area contributed by atoms with E-state index in [9.17, 15) is 10.1 Å². The van der Waals surface area contributed by atoms with Gasteiger partial charge in [-0.2, -0.15) is 0 Å². The Morgan fingerprint density at radius 2 is 1.44 bits per heavy atom. The monoisotopic (exact) mass is 360 g/mol. The smallest absolute Gasteiger partial charge is 0.294 e. The van der Waals surface area contributed by atoms with Gasteiger partial charge in [-0.25, -0.2) is 0 Å². The highest BCUT2D eigenvalue weighted by atomic mass is 17.0. The first-order chi connectivity index (χ1) is 12.1. The van der Waals surface area contributed by atoms with Gasteiger partial charge in [0.1, 0.15) is 6.10 Å². The van der Waals surface area contributed by atoms with Crippen molar-refractivity contribution in [1.82, 2.24) is 4.90 Å². The largest absolute Gasteiger partial charge is 0.379 e. The first-order valence-electron chi connectivity index (χ1n) is 10.2. The summed E-state index contributed by atoms with van der Waals surface area (Å²) in [4.78, 5) is 17.9. The quantitative estimate of drug-likeness (QED) is 0.187. The lowest BCUT2D eigenvalue weighted by Crippen LogP contribution is -2.39. The maximum absolute atomic E-state index is 10.8. The van der Waals surface area contributed by atoms with E-state index < -0.39 is 11.2 Å². The second-order valence-electron chi connectivity index (χ2n) is 6.80. The Balaban J connectivity index is 4.11. The fourth-order valence-corrected chi connectivity index (χ4v) is 2.78. The SMILES string of the molecule is CCCCCCCCOCC(CN(CCCC)CCCC)O[N+](=O)[O-]. The van der Waals surface area contributed by atoms with Crippen molar-refractivity contribution >= 4 is 0 Å². The van der Waals surface area contributed by atoms with Crippen LogP contribution in [-0.4, -0.2) is 48.9 Å². The van der Waals surface area contributed by atoms with E-state index in [1.54, 1.807) is 0 Å². The van der Waals surface area contributed by atoms with E-state index >= 15 is 0 Å². The summed E-state index contributed by atoms with van der Waals surface area (Å²) in [5.74, 6) is 0. The molecule has 0 amide bonds. The standard InChI is InChI=1S/C19H40N2O4/c1-4-7-10-11-12-13-16-24-18-19(25-21(22)23)17-20(14-8-5-2)15-9-6-3/h19H,4-18H2,1-3H3. The Kier molecular flexibility index (Phi) is 17.3. The second kappa shape index (κ2) is 17.9. The summed E-state index contributed by atoms with van der Waals surface area (Å²) in [6.45, 7) is 9.98. The summed E-state index contributed by atoms with van der Waals surface area (Å²) >= 11 is 0. The summed E-state index contributed by atoms with van der Waals surface area (Å²) in [6, 6.07) is 0. The highest BCUT2D eigenvalue weighted by molar-refractivity contribution is 4.65. The summed E-state index contributed by atoms with van der Waals surface area (Å²) in [5, 5.41) is 10.1. The van der Waals surface area contributed by atoms with Crippen LogP contribution in [0.4, 0.5) is 0 Å². The van der Waals surface area contributed by atoms with Crippen LogP contribution in [0.25, 0.3) is 0 Å². The second-order valence-corrected chi connectivity index (χ2v) is 6.80. The van der Waals surface area contributed by atoms with Gasteiger partial charge in [0.05, 0.1) is 6.61 Å². The van der Waals surface area contributed by atoms with Crippen molar-refractivity contribution in [2.45, 2.75) is 91.1 Å². The lowest BCUT2D eigenvalue weighted by atomic mass is 10.1. The van der Waals surface area contributed by atoms with Crippen molar-refractivity contribution in [2.75, 3.05) is 32.8 Å². The molecule has 6 nitrogen and oxygen atoms in total. The molecule has 0 aromatic rings. The van der Waals surface area contributed by atoms with E-state index in [2.05, 4.69) is 25.7 Å². The van der Waals surface area contributed by atoms with E-state index in [0.717, 1.165) is 45.2 Å². The maximum atomic E-state index is 10.8. The first-order valence-corrected chi connectivity index (χ1v) is 10.2. The molecule has 0 rings (SSSR count). The van der Waals surface area contributed by atoms with Gasteiger partial charge in [-0.15, -0.1) is 10.1 Å². The minimum atomic E-state index is -0.684. The van der Waals surface area contributed by atoms with Crippen LogP contribution in [-0.2, 0) is 9.57 Å². The van der Waals surface area contributed by atoms with Crippen LogP contribution in [0, 0.1) is 10.1 Å². The van der Waals surface area contributed by atoms with Crippen molar-refractivity contribution < 1.29 is 14.7 Å². The zero-order chi connectivity index (χ0) is 18.8. The molecule has 0 bridgehead atoms. The van der Waals surface area contributed by atoms with Gasteiger partial charge in [0.15, 0.2) is 0 Å². The van der Waals surface area contributed by atoms with Crippen LogP contribution in [0.5, 0.6) is 0 Å². The number of rotatable bonds is 19. The molecular formula is C19H40N2O4. The van der Waals surface area contributed by atoms with Gasteiger partial charge >= 0.3 is 0 Å². The molecule has 0 aliphatic heterocycles. The van der Waals surface area contributed by atoms with E-state index in [-0.39, 0.29) is 0 Å². The lowest BCUT2D eigenvalue weighted by Gasteiger charge is -2.26. The average molecular weight is 361 g/mol. The third-order valence-electron chi connectivity index (χ3n) is 4.30. The Morgan fingerprint density at radius 1 is 0.880 bits per heavy atom. The molecule has 0 N–H and O–H groups in total. The Labute approximate surface area is 154 Å². The molecule has 0 aromatic carbocycles. The van der Waals surface area contributed by atoms with E-state index in [1.165, 1.54) is 32.1 Å². The van der Waals surface area contributed by atoms with Crippen molar-refractivity contribution in [1.29, 1.82) is 0 Å². The van der Waals surface area contributed by atoms with Gasteiger partial charge in [-0.1, -0.05) is 65.7 Å². The predicted octanol–water partition coefficient (Wildman–Crippen LogP) is 4.84. The van der Waals surface area contributed by atoms with E-state index in [4.69, 9.17) is 9.57 Å². The Bertz CT molecular complexity index is 295. The van der Waals surface area contributed by atoms with E-state index in [0.29, 0.717) is 19.8 Å².